The van der Waals surface area contributed by atoms with Gasteiger partial charge in [0.15, 0.2) is 0 Å². The van der Waals surface area contributed by atoms with Gasteiger partial charge in [0.2, 0.25) is 0 Å². The molecule has 0 aliphatic carbocycles. The van der Waals surface area contributed by atoms with Gasteiger partial charge in [0.05, 0.1) is 6.10 Å². The predicted molar refractivity (Wildman–Crippen MR) is 40.4 cm³/mol. The maximum atomic E-state index is 8.85. The van der Waals surface area contributed by atoms with E-state index in [1.54, 1.807) is 0 Å². The standard InChI is InChI=1S/C8H18O/c1-3-4-5-6-7-8(2)9/h8-9H,3-7H2,1-2H3/t8-/m1/s1. The molecule has 0 aliphatic heterocycles. The quantitative estimate of drug-likeness (QED) is 0.566. The molecule has 9 heavy (non-hydrogen) atoms. The average molecular weight is 130 g/mol. The molecule has 0 saturated carbocycles. The fourth-order valence-electron chi connectivity index (χ4n) is 0.867. The summed E-state index contributed by atoms with van der Waals surface area (Å²) in [6, 6.07) is 0. The van der Waals surface area contributed by atoms with Gasteiger partial charge in [0, 0.05) is 0 Å². The first kappa shape index (κ1) is 8.96. The Bertz CT molecular complexity index is 50.5. The maximum Gasteiger partial charge on any atom is 0.0512 e. The minimum atomic E-state index is -0.0955. The van der Waals surface area contributed by atoms with Gasteiger partial charge in [-0.05, 0) is 13.3 Å². The molecule has 56 valence electrons. The van der Waals surface area contributed by atoms with E-state index in [0.29, 0.717) is 0 Å². The van der Waals surface area contributed by atoms with Crippen molar-refractivity contribution in [3.8, 4) is 0 Å². The average Bonchev–Trinajstić information content (AvgIpc) is 1.80. The number of aliphatic hydroxyl groups is 1. The van der Waals surface area contributed by atoms with Crippen molar-refractivity contribution < 1.29 is 5.11 Å². The van der Waals surface area contributed by atoms with Gasteiger partial charge in [-0.2, -0.15) is 0 Å². The first-order valence-corrected chi connectivity index (χ1v) is 3.95. The molecule has 0 aliphatic rings. The van der Waals surface area contributed by atoms with E-state index in [1.165, 1.54) is 25.7 Å². The van der Waals surface area contributed by atoms with Crippen LogP contribution < -0.4 is 0 Å². The van der Waals surface area contributed by atoms with Crippen molar-refractivity contribution in [3.05, 3.63) is 0 Å². The van der Waals surface area contributed by atoms with Crippen LogP contribution in [0, 0.1) is 0 Å². The highest BCUT2D eigenvalue weighted by molar-refractivity contribution is 4.47. The Morgan fingerprint density at radius 1 is 1.22 bits per heavy atom. The molecular weight excluding hydrogens is 112 g/mol. The summed E-state index contributed by atoms with van der Waals surface area (Å²) in [6.07, 6.45) is 5.93. The normalized spacial score (nSPS) is 13.7. The molecule has 0 fully saturated rings. The summed E-state index contributed by atoms with van der Waals surface area (Å²) in [5.74, 6) is 0. The monoisotopic (exact) mass is 130 g/mol. The van der Waals surface area contributed by atoms with E-state index in [4.69, 9.17) is 5.11 Å². The third kappa shape index (κ3) is 7.96. The smallest absolute Gasteiger partial charge is 0.0512 e. The molecule has 0 aromatic rings. The van der Waals surface area contributed by atoms with Crippen molar-refractivity contribution in [2.24, 2.45) is 0 Å². The first-order chi connectivity index (χ1) is 4.27. The number of aliphatic hydroxyl groups excluding tert-OH is 1. The second-order valence-corrected chi connectivity index (χ2v) is 2.70. The third-order valence-electron chi connectivity index (χ3n) is 1.48. The van der Waals surface area contributed by atoms with E-state index in [-0.39, 0.29) is 6.10 Å². The van der Waals surface area contributed by atoms with Crippen LogP contribution in [0.3, 0.4) is 0 Å². The van der Waals surface area contributed by atoms with Crippen LogP contribution in [-0.2, 0) is 0 Å². The van der Waals surface area contributed by atoms with Gasteiger partial charge in [-0.25, -0.2) is 0 Å². The van der Waals surface area contributed by atoms with Crippen molar-refractivity contribution in [2.75, 3.05) is 0 Å². The van der Waals surface area contributed by atoms with Gasteiger partial charge in [-0.1, -0.05) is 32.6 Å². The van der Waals surface area contributed by atoms with E-state index < -0.39 is 0 Å². The molecule has 0 rings (SSSR count). The van der Waals surface area contributed by atoms with Crippen molar-refractivity contribution >= 4 is 0 Å². The molecule has 0 amide bonds. The second kappa shape index (κ2) is 6.09. The van der Waals surface area contributed by atoms with Gasteiger partial charge in [-0.3, -0.25) is 0 Å². The number of hydrogen-bond donors (Lipinski definition) is 1. The lowest BCUT2D eigenvalue weighted by molar-refractivity contribution is 0.180. The molecule has 1 heteroatoms. The number of rotatable bonds is 5. The van der Waals surface area contributed by atoms with Crippen molar-refractivity contribution in [1.82, 2.24) is 0 Å². The number of hydrogen-bond acceptors (Lipinski definition) is 1. The molecule has 0 unspecified atom stereocenters. The summed E-state index contributed by atoms with van der Waals surface area (Å²) in [5, 5.41) is 8.85. The van der Waals surface area contributed by atoms with E-state index in [1.807, 2.05) is 6.92 Å². The fourth-order valence-corrected chi connectivity index (χ4v) is 0.867. The molecule has 0 spiro atoms. The van der Waals surface area contributed by atoms with Crippen molar-refractivity contribution in [3.63, 3.8) is 0 Å². The van der Waals surface area contributed by atoms with Crippen LogP contribution in [-0.4, -0.2) is 11.2 Å². The Labute approximate surface area is 58.1 Å². The lowest BCUT2D eigenvalue weighted by Gasteiger charge is -2.01. The van der Waals surface area contributed by atoms with Crippen LogP contribution in [0.2, 0.25) is 0 Å². The Morgan fingerprint density at radius 3 is 2.33 bits per heavy atom. The summed E-state index contributed by atoms with van der Waals surface area (Å²) < 4.78 is 0. The van der Waals surface area contributed by atoms with Crippen LogP contribution in [0.15, 0.2) is 0 Å². The molecule has 0 saturated heterocycles. The van der Waals surface area contributed by atoms with Crippen LogP contribution in [0.5, 0.6) is 0 Å². The van der Waals surface area contributed by atoms with Crippen LogP contribution in [0.25, 0.3) is 0 Å². The zero-order chi connectivity index (χ0) is 7.11. The Kier molecular flexibility index (Phi) is 6.06. The fraction of sp³-hybridized carbons (Fsp3) is 1.00. The zero-order valence-electron chi connectivity index (χ0n) is 6.56. The topological polar surface area (TPSA) is 20.2 Å². The number of unbranched alkanes of at least 4 members (excludes halogenated alkanes) is 3. The Morgan fingerprint density at radius 2 is 1.89 bits per heavy atom. The Hall–Kier alpha value is -0.0400. The molecule has 0 heterocycles. The summed E-state index contributed by atoms with van der Waals surface area (Å²) >= 11 is 0. The van der Waals surface area contributed by atoms with Gasteiger partial charge in [-0.15, -0.1) is 0 Å². The van der Waals surface area contributed by atoms with Crippen molar-refractivity contribution in [2.45, 2.75) is 52.1 Å². The highest BCUT2D eigenvalue weighted by atomic mass is 16.3. The van der Waals surface area contributed by atoms with Gasteiger partial charge < -0.3 is 5.11 Å². The third-order valence-corrected chi connectivity index (χ3v) is 1.48. The summed E-state index contributed by atoms with van der Waals surface area (Å²) in [6.45, 7) is 4.05. The maximum absolute atomic E-state index is 8.85. The Balaban J connectivity index is 2.75. The van der Waals surface area contributed by atoms with Crippen LogP contribution >= 0.6 is 0 Å². The zero-order valence-corrected chi connectivity index (χ0v) is 6.56. The molecule has 0 radical (unpaired) electrons. The SMILES string of the molecule is CCCCCC[C@@H](C)O. The molecule has 1 N–H and O–H groups in total. The minimum absolute atomic E-state index is 0.0955. The summed E-state index contributed by atoms with van der Waals surface area (Å²) in [5.41, 5.74) is 0. The predicted octanol–water partition coefficient (Wildman–Crippen LogP) is 2.34. The highest BCUT2D eigenvalue weighted by Gasteiger charge is 1.93. The van der Waals surface area contributed by atoms with E-state index in [2.05, 4.69) is 6.92 Å². The molecule has 1 nitrogen and oxygen atoms in total. The van der Waals surface area contributed by atoms with E-state index in [0.717, 1.165) is 6.42 Å². The highest BCUT2D eigenvalue weighted by Crippen LogP contribution is 2.04. The van der Waals surface area contributed by atoms with E-state index >= 15 is 0 Å². The van der Waals surface area contributed by atoms with Gasteiger partial charge in [0.25, 0.3) is 0 Å². The van der Waals surface area contributed by atoms with Crippen molar-refractivity contribution in [1.29, 1.82) is 0 Å². The largest absolute Gasteiger partial charge is 0.393 e. The summed E-state index contributed by atoms with van der Waals surface area (Å²) in [4.78, 5) is 0. The lowest BCUT2D eigenvalue weighted by atomic mass is 10.1. The molecule has 0 bridgehead atoms. The molecule has 0 aromatic heterocycles. The van der Waals surface area contributed by atoms with Crippen LogP contribution in [0.4, 0.5) is 0 Å². The van der Waals surface area contributed by atoms with Crippen LogP contribution in [0.1, 0.15) is 46.0 Å². The van der Waals surface area contributed by atoms with E-state index in [9.17, 15) is 0 Å². The molecule has 0 aromatic carbocycles. The molecular formula is C8H18O. The molecule has 1 atom stereocenters. The minimum Gasteiger partial charge on any atom is -0.393 e. The second-order valence-electron chi connectivity index (χ2n) is 2.70. The summed E-state index contributed by atoms with van der Waals surface area (Å²) in [7, 11) is 0. The van der Waals surface area contributed by atoms with Gasteiger partial charge >= 0.3 is 0 Å². The lowest BCUT2D eigenvalue weighted by Crippen LogP contribution is -1.97. The van der Waals surface area contributed by atoms with Gasteiger partial charge in [0.1, 0.15) is 0 Å². The first-order valence-electron chi connectivity index (χ1n) is 3.95.